The fraction of sp³-hybridized carbons (Fsp3) is 0.348. The molecule has 1 saturated heterocycles. The molecule has 0 radical (unpaired) electrons. The molecule has 6 heteroatoms. The molecule has 0 aromatic heterocycles. The summed E-state index contributed by atoms with van der Waals surface area (Å²) in [4.78, 5) is 38.1. The molecule has 3 rings (SSSR count). The molecule has 0 atom stereocenters. The van der Waals surface area contributed by atoms with Crippen molar-refractivity contribution in [2.75, 3.05) is 23.3 Å². The number of nitrogens with zero attached hydrogens (tertiary/aromatic N) is 1. The predicted molar refractivity (Wildman–Crippen MR) is 114 cm³/mol. The molecular formula is C23H27N3O3. The topological polar surface area (TPSA) is 78.5 Å². The standard InChI is InChI=1S/C23H27N3O3/c1-23(2,3)17-11-9-16(10-12-17)22(29)24-15-20(27)25-18-6-4-7-19(14-18)26-13-5-8-21(26)28/h4,6-7,9-12,14H,5,8,13,15H2,1-3H3,(H,24,29)(H,25,27). The number of hydrogen-bond donors (Lipinski definition) is 2. The molecule has 152 valence electrons. The Hall–Kier alpha value is -3.15. The minimum atomic E-state index is -0.324. The van der Waals surface area contributed by atoms with E-state index in [-0.39, 0.29) is 29.7 Å². The first kappa shape index (κ1) is 20.6. The van der Waals surface area contributed by atoms with E-state index in [0.717, 1.165) is 17.7 Å². The van der Waals surface area contributed by atoms with Crippen LogP contribution in [0.3, 0.4) is 0 Å². The van der Waals surface area contributed by atoms with Crippen molar-refractivity contribution in [1.82, 2.24) is 5.32 Å². The Labute approximate surface area is 171 Å². The number of hydrogen-bond acceptors (Lipinski definition) is 3. The SMILES string of the molecule is CC(C)(C)c1ccc(C(=O)NCC(=O)Nc2cccc(N3CCCC3=O)c2)cc1. The number of rotatable bonds is 5. The molecule has 29 heavy (non-hydrogen) atoms. The van der Waals surface area contributed by atoms with Gasteiger partial charge in [-0.1, -0.05) is 39.0 Å². The van der Waals surface area contributed by atoms with Crippen molar-refractivity contribution in [3.63, 3.8) is 0 Å². The Morgan fingerprint density at radius 2 is 1.79 bits per heavy atom. The molecule has 0 unspecified atom stereocenters. The molecule has 1 heterocycles. The summed E-state index contributed by atoms with van der Waals surface area (Å²) in [5.41, 5.74) is 3.04. The summed E-state index contributed by atoms with van der Waals surface area (Å²) in [6.45, 7) is 6.90. The maximum Gasteiger partial charge on any atom is 0.251 e. The average molecular weight is 393 g/mol. The van der Waals surface area contributed by atoms with E-state index in [1.165, 1.54) is 0 Å². The van der Waals surface area contributed by atoms with Crippen LogP contribution in [0.15, 0.2) is 48.5 Å². The largest absolute Gasteiger partial charge is 0.343 e. The second-order valence-electron chi connectivity index (χ2n) is 8.26. The molecule has 2 aromatic carbocycles. The van der Waals surface area contributed by atoms with Crippen LogP contribution in [0.2, 0.25) is 0 Å². The second-order valence-corrected chi connectivity index (χ2v) is 8.26. The molecule has 1 aliphatic heterocycles. The monoisotopic (exact) mass is 393 g/mol. The number of carbonyl (C=O) groups is 3. The van der Waals surface area contributed by atoms with Crippen LogP contribution in [0.25, 0.3) is 0 Å². The first-order chi connectivity index (χ1) is 13.7. The number of amides is 3. The Morgan fingerprint density at radius 1 is 1.07 bits per heavy atom. The van der Waals surface area contributed by atoms with Gasteiger partial charge in [-0.25, -0.2) is 0 Å². The zero-order chi connectivity index (χ0) is 21.0. The van der Waals surface area contributed by atoms with Gasteiger partial charge in [-0.2, -0.15) is 0 Å². The van der Waals surface area contributed by atoms with E-state index < -0.39 is 0 Å². The van der Waals surface area contributed by atoms with Crippen molar-refractivity contribution in [3.05, 3.63) is 59.7 Å². The Balaban J connectivity index is 1.55. The molecule has 1 fully saturated rings. The van der Waals surface area contributed by atoms with Crippen molar-refractivity contribution in [1.29, 1.82) is 0 Å². The maximum atomic E-state index is 12.3. The van der Waals surface area contributed by atoms with Crippen LogP contribution in [0.1, 0.15) is 49.5 Å². The lowest BCUT2D eigenvalue weighted by molar-refractivity contribution is -0.117. The van der Waals surface area contributed by atoms with Gasteiger partial charge >= 0.3 is 0 Å². The normalized spacial score (nSPS) is 14.0. The first-order valence-corrected chi connectivity index (χ1v) is 9.83. The molecule has 0 saturated carbocycles. The lowest BCUT2D eigenvalue weighted by Gasteiger charge is -2.19. The third kappa shape index (κ3) is 5.22. The van der Waals surface area contributed by atoms with Crippen molar-refractivity contribution >= 4 is 29.1 Å². The van der Waals surface area contributed by atoms with Gasteiger partial charge in [-0.3, -0.25) is 14.4 Å². The second kappa shape index (κ2) is 8.47. The summed E-state index contributed by atoms with van der Waals surface area (Å²) < 4.78 is 0. The lowest BCUT2D eigenvalue weighted by Crippen LogP contribution is -2.33. The van der Waals surface area contributed by atoms with E-state index in [1.807, 2.05) is 18.2 Å². The zero-order valence-electron chi connectivity index (χ0n) is 17.1. The molecule has 6 nitrogen and oxygen atoms in total. The van der Waals surface area contributed by atoms with Gasteiger partial charge in [0, 0.05) is 29.9 Å². The van der Waals surface area contributed by atoms with Gasteiger partial charge in [-0.15, -0.1) is 0 Å². The van der Waals surface area contributed by atoms with Gasteiger partial charge < -0.3 is 15.5 Å². The highest BCUT2D eigenvalue weighted by Crippen LogP contribution is 2.24. The summed E-state index contributed by atoms with van der Waals surface area (Å²) in [6.07, 6.45) is 1.40. The predicted octanol–water partition coefficient (Wildman–Crippen LogP) is 3.48. The van der Waals surface area contributed by atoms with Crippen molar-refractivity contribution in [2.45, 2.75) is 39.0 Å². The highest BCUT2D eigenvalue weighted by molar-refractivity contribution is 6.00. The van der Waals surface area contributed by atoms with Gasteiger partial charge in [0.05, 0.1) is 6.54 Å². The molecule has 0 bridgehead atoms. The first-order valence-electron chi connectivity index (χ1n) is 9.83. The molecule has 3 amide bonds. The summed E-state index contributed by atoms with van der Waals surface area (Å²) >= 11 is 0. The quantitative estimate of drug-likeness (QED) is 0.816. The Morgan fingerprint density at radius 3 is 2.41 bits per heavy atom. The molecule has 2 N–H and O–H groups in total. The van der Waals surface area contributed by atoms with Gasteiger partial charge in [0.2, 0.25) is 11.8 Å². The minimum absolute atomic E-state index is 0.0170. The van der Waals surface area contributed by atoms with Crippen LogP contribution < -0.4 is 15.5 Å². The highest BCUT2D eigenvalue weighted by atomic mass is 16.2. The van der Waals surface area contributed by atoms with Gasteiger partial charge in [-0.05, 0) is 47.7 Å². The van der Waals surface area contributed by atoms with Gasteiger partial charge in [0.15, 0.2) is 0 Å². The number of carbonyl (C=O) groups excluding carboxylic acids is 3. The molecular weight excluding hydrogens is 366 g/mol. The van der Waals surface area contributed by atoms with Gasteiger partial charge in [0.1, 0.15) is 0 Å². The molecule has 0 spiro atoms. The third-order valence-corrected chi connectivity index (χ3v) is 4.94. The van der Waals surface area contributed by atoms with Crippen LogP contribution in [0, 0.1) is 0 Å². The lowest BCUT2D eigenvalue weighted by atomic mass is 9.87. The fourth-order valence-electron chi connectivity index (χ4n) is 3.26. The summed E-state index contributed by atoms with van der Waals surface area (Å²) in [5, 5.41) is 5.40. The Kier molecular flexibility index (Phi) is 6.01. The van der Waals surface area contributed by atoms with E-state index >= 15 is 0 Å². The molecule has 1 aliphatic rings. The van der Waals surface area contributed by atoms with E-state index in [0.29, 0.717) is 24.2 Å². The van der Waals surface area contributed by atoms with Crippen LogP contribution in [0.5, 0.6) is 0 Å². The summed E-state index contributed by atoms with van der Waals surface area (Å²) in [7, 11) is 0. The van der Waals surface area contributed by atoms with E-state index in [4.69, 9.17) is 0 Å². The van der Waals surface area contributed by atoms with Crippen LogP contribution in [-0.2, 0) is 15.0 Å². The molecule has 2 aromatic rings. The zero-order valence-corrected chi connectivity index (χ0v) is 17.1. The van der Waals surface area contributed by atoms with E-state index in [9.17, 15) is 14.4 Å². The smallest absolute Gasteiger partial charge is 0.251 e. The van der Waals surface area contributed by atoms with Crippen molar-refractivity contribution in [2.24, 2.45) is 0 Å². The summed E-state index contributed by atoms with van der Waals surface area (Å²) in [5.74, 6) is -0.523. The fourth-order valence-corrected chi connectivity index (χ4v) is 3.26. The number of benzene rings is 2. The van der Waals surface area contributed by atoms with Gasteiger partial charge in [0.25, 0.3) is 5.91 Å². The molecule has 0 aliphatic carbocycles. The van der Waals surface area contributed by atoms with Crippen LogP contribution >= 0.6 is 0 Å². The number of nitrogens with one attached hydrogen (secondary N) is 2. The van der Waals surface area contributed by atoms with Crippen molar-refractivity contribution < 1.29 is 14.4 Å². The number of anilines is 2. The van der Waals surface area contributed by atoms with Crippen LogP contribution in [-0.4, -0.2) is 30.8 Å². The van der Waals surface area contributed by atoms with E-state index in [2.05, 4.69) is 31.4 Å². The summed E-state index contributed by atoms with van der Waals surface area (Å²) in [6, 6.07) is 14.6. The third-order valence-electron chi connectivity index (χ3n) is 4.94. The average Bonchev–Trinajstić information content (AvgIpc) is 3.12. The maximum absolute atomic E-state index is 12.3. The highest BCUT2D eigenvalue weighted by Gasteiger charge is 2.22. The van der Waals surface area contributed by atoms with Crippen LogP contribution in [0.4, 0.5) is 11.4 Å². The Bertz CT molecular complexity index is 914. The van der Waals surface area contributed by atoms with Crippen molar-refractivity contribution in [3.8, 4) is 0 Å². The minimum Gasteiger partial charge on any atom is -0.343 e. The van der Waals surface area contributed by atoms with E-state index in [1.54, 1.807) is 35.2 Å².